The zero-order valence-corrected chi connectivity index (χ0v) is 11.3. The number of aromatic nitrogens is 1. The lowest BCUT2D eigenvalue weighted by Gasteiger charge is -2.26. The minimum absolute atomic E-state index is 0.168. The molecule has 6 nitrogen and oxygen atoms in total. The number of carbonyl (C=O) groups excluding carboxylic acids is 1. The molecular formula is C11H18N4O2S. The Morgan fingerprint density at radius 3 is 2.89 bits per heavy atom. The minimum Gasteiger partial charge on any atom is -0.383 e. The average molecular weight is 270 g/mol. The first kappa shape index (κ1) is 13.1. The van der Waals surface area contributed by atoms with E-state index in [9.17, 15) is 4.79 Å². The van der Waals surface area contributed by atoms with Gasteiger partial charge in [-0.05, 0) is 18.5 Å². The normalized spacial score (nSPS) is 15.7. The number of morpholine rings is 1. The zero-order chi connectivity index (χ0) is 13.0. The highest BCUT2D eigenvalue weighted by molar-refractivity contribution is 7.10. The number of ether oxygens (including phenoxy) is 1. The van der Waals surface area contributed by atoms with Gasteiger partial charge in [0.05, 0.1) is 13.2 Å². The standard InChI is InChI=1S/C11H18N4O2S/c1-8-10(12)14-18-11(8)13-3-2-9(16)15-4-6-17-7-5-15/h13H,2-7H2,1H3,(H2,12,14). The van der Waals surface area contributed by atoms with Crippen LogP contribution in [0.1, 0.15) is 12.0 Å². The predicted octanol–water partition coefficient (Wildman–Crippen LogP) is 0.695. The van der Waals surface area contributed by atoms with Crippen LogP contribution in [0.5, 0.6) is 0 Å². The summed E-state index contributed by atoms with van der Waals surface area (Å²) in [6.45, 7) is 5.22. The predicted molar refractivity (Wildman–Crippen MR) is 71.8 cm³/mol. The lowest BCUT2D eigenvalue weighted by Crippen LogP contribution is -2.41. The molecule has 1 aliphatic rings. The highest BCUT2D eigenvalue weighted by Gasteiger charge is 2.16. The minimum atomic E-state index is 0.168. The summed E-state index contributed by atoms with van der Waals surface area (Å²) in [4.78, 5) is 13.7. The van der Waals surface area contributed by atoms with Gasteiger partial charge in [-0.25, -0.2) is 0 Å². The smallest absolute Gasteiger partial charge is 0.224 e. The van der Waals surface area contributed by atoms with E-state index in [1.54, 1.807) is 0 Å². The summed E-state index contributed by atoms with van der Waals surface area (Å²) in [7, 11) is 0. The molecule has 100 valence electrons. The molecule has 0 bridgehead atoms. The number of nitrogens with two attached hydrogens (primary N) is 1. The molecule has 0 unspecified atom stereocenters. The molecule has 1 fully saturated rings. The second kappa shape index (κ2) is 6.01. The monoisotopic (exact) mass is 270 g/mol. The molecule has 3 N–H and O–H groups in total. The second-order valence-corrected chi connectivity index (χ2v) is 4.97. The summed E-state index contributed by atoms with van der Waals surface area (Å²) in [5.41, 5.74) is 6.62. The highest BCUT2D eigenvalue weighted by atomic mass is 32.1. The quantitative estimate of drug-likeness (QED) is 0.841. The molecule has 1 aromatic rings. The molecule has 0 radical (unpaired) electrons. The van der Waals surface area contributed by atoms with Crippen molar-refractivity contribution < 1.29 is 9.53 Å². The van der Waals surface area contributed by atoms with Crippen molar-refractivity contribution in [3.05, 3.63) is 5.56 Å². The molecule has 1 aliphatic heterocycles. The third-order valence-electron chi connectivity index (χ3n) is 2.95. The highest BCUT2D eigenvalue weighted by Crippen LogP contribution is 2.24. The van der Waals surface area contributed by atoms with Gasteiger partial charge >= 0.3 is 0 Å². The first-order valence-corrected chi connectivity index (χ1v) is 6.77. The van der Waals surface area contributed by atoms with Crippen LogP contribution in [-0.2, 0) is 9.53 Å². The summed E-state index contributed by atoms with van der Waals surface area (Å²) in [5.74, 6) is 0.725. The first-order chi connectivity index (χ1) is 8.68. The van der Waals surface area contributed by atoms with Crippen LogP contribution >= 0.6 is 11.5 Å². The van der Waals surface area contributed by atoms with Crippen molar-refractivity contribution in [2.24, 2.45) is 0 Å². The van der Waals surface area contributed by atoms with E-state index in [-0.39, 0.29) is 5.91 Å². The Kier molecular flexibility index (Phi) is 4.38. The number of amides is 1. The van der Waals surface area contributed by atoms with E-state index < -0.39 is 0 Å². The summed E-state index contributed by atoms with van der Waals surface area (Å²) < 4.78 is 9.26. The zero-order valence-electron chi connectivity index (χ0n) is 10.4. The maximum Gasteiger partial charge on any atom is 0.224 e. The van der Waals surface area contributed by atoms with Crippen molar-refractivity contribution in [2.45, 2.75) is 13.3 Å². The van der Waals surface area contributed by atoms with Crippen molar-refractivity contribution in [3.8, 4) is 0 Å². The molecule has 2 heterocycles. The van der Waals surface area contributed by atoms with Crippen LogP contribution in [0, 0.1) is 6.92 Å². The number of anilines is 2. The molecule has 1 amide bonds. The number of nitrogens with zero attached hydrogens (tertiary/aromatic N) is 2. The number of hydrogen-bond donors (Lipinski definition) is 2. The fourth-order valence-electron chi connectivity index (χ4n) is 1.77. The Labute approximate surface area is 110 Å². The lowest BCUT2D eigenvalue weighted by molar-refractivity contribution is -0.134. The molecule has 1 aromatic heterocycles. The largest absolute Gasteiger partial charge is 0.383 e. The van der Waals surface area contributed by atoms with E-state index in [2.05, 4.69) is 9.69 Å². The van der Waals surface area contributed by atoms with Gasteiger partial charge in [-0.2, -0.15) is 4.37 Å². The number of nitrogen functional groups attached to an aromatic ring is 1. The number of hydrogen-bond acceptors (Lipinski definition) is 6. The van der Waals surface area contributed by atoms with Gasteiger partial charge < -0.3 is 20.7 Å². The first-order valence-electron chi connectivity index (χ1n) is 5.99. The summed E-state index contributed by atoms with van der Waals surface area (Å²) in [5, 5.41) is 4.15. The van der Waals surface area contributed by atoms with Crippen LogP contribution < -0.4 is 11.1 Å². The van der Waals surface area contributed by atoms with Crippen LogP contribution in [0.3, 0.4) is 0 Å². The van der Waals surface area contributed by atoms with Crippen molar-refractivity contribution in [1.29, 1.82) is 0 Å². The average Bonchev–Trinajstić information content (AvgIpc) is 2.71. The topological polar surface area (TPSA) is 80.5 Å². The number of rotatable bonds is 4. The third-order valence-corrected chi connectivity index (χ3v) is 3.87. The van der Waals surface area contributed by atoms with Gasteiger partial charge in [0.1, 0.15) is 10.8 Å². The Morgan fingerprint density at radius 1 is 1.56 bits per heavy atom. The van der Waals surface area contributed by atoms with E-state index >= 15 is 0 Å². The Morgan fingerprint density at radius 2 is 2.28 bits per heavy atom. The van der Waals surface area contributed by atoms with Gasteiger partial charge in [0.15, 0.2) is 0 Å². The Hall–Kier alpha value is -1.34. The SMILES string of the molecule is Cc1c(N)nsc1NCCC(=O)N1CCOCC1. The van der Waals surface area contributed by atoms with Gasteiger partial charge in [0.25, 0.3) is 0 Å². The van der Waals surface area contributed by atoms with Crippen LogP contribution in [0.15, 0.2) is 0 Å². The van der Waals surface area contributed by atoms with Gasteiger partial charge in [0.2, 0.25) is 5.91 Å². The molecule has 0 saturated carbocycles. The summed E-state index contributed by atoms with van der Waals surface area (Å²) in [6.07, 6.45) is 0.483. The van der Waals surface area contributed by atoms with Crippen LogP contribution in [-0.4, -0.2) is 48.0 Å². The second-order valence-electron chi connectivity index (χ2n) is 4.19. The molecule has 2 rings (SSSR count). The maximum absolute atomic E-state index is 11.9. The number of carbonyl (C=O) groups is 1. The van der Waals surface area contributed by atoms with Crippen molar-refractivity contribution in [1.82, 2.24) is 9.27 Å². The van der Waals surface area contributed by atoms with E-state index in [1.807, 2.05) is 11.8 Å². The van der Waals surface area contributed by atoms with E-state index in [4.69, 9.17) is 10.5 Å². The van der Waals surface area contributed by atoms with Gasteiger partial charge in [-0.3, -0.25) is 4.79 Å². The van der Waals surface area contributed by atoms with E-state index in [0.29, 0.717) is 45.1 Å². The lowest BCUT2D eigenvalue weighted by atomic mass is 10.3. The van der Waals surface area contributed by atoms with Crippen LogP contribution in [0.4, 0.5) is 10.8 Å². The van der Waals surface area contributed by atoms with Gasteiger partial charge in [0, 0.05) is 31.6 Å². The van der Waals surface area contributed by atoms with Gasteiger partial charge in [-0.15, -0.1) is 0 Å². The summed E-state index contributed by atoms with van der Waals surface area (Å²) >= 11 is 1.33. The van der Waals surface area contributed by atoms with Gasteiger partial charge in [-0.1, -0.05) is 0 Å². The Bertz CT molecular complexity index is 415. The number of nitrogens with one attached hydrogen (secondary N) is 1. The molecule has 0 spiro atoms. The van der Waals surface area contributed by atoms with Crippen molar-refractivity contribution >= 4 is 28.3 Å². The maximum atomic E-state index is 11.9. The van der Waals surface area contributed by atoms with Crippen molar-refractivity contribution in [2.75, 3.05) is 43.9 Å². The molecule has 7 heteroatoms. The van der Waals surface area contributed by atoms with Crippen LogP contribution in [0.2, 0.25) is 0 Å². The summed E-state index contributed by atoms with van der Waals surface area (Å²) in [6, 6.07) is 0. The van der Waals surface area contributed by atoms with Crippen LogP contribution in [0.25, 0.3) is 0 Å². The molecule has 0 aromatic carbocycles. The Balaban J connectivity index is 1.74. The molecule has 0 atom stereocenters. The third kappa shape index (κ3) is 3.11. The molecular weight excluding hydrogens is 252 g/mol. The van der Waals surface area contributed by atoms with E-state index in [1.165, 1.54) is 11.5 Å². The molecule has 1 saturated heterocycles. The molecule has 0 aliphatic carbocycles. The van der Waals surface area contributed by atoms with Crippen molar-refractivity contribution in [3.63, 3.8) is 0 Å². The van der Waals surface area contributed by atoms with E-state index in [0.717, 1.165) is 10.6 Å². The fourth-order valence-corrected chi connectivity index (χ4v) is 2.50. The fraction of sp³-hybridized carbons (Fsp3) is 0.636. The molecule has 18 heavy (non-hydrogen) atoms.